The molecule has 3 heterocycles. The van der Waals surface area contributed by atoms with Crippen LogP contribution in [0.2, 0.25) is 0 Å². The van der Waals surface area contributed by atoms with E-state index >= 15 is 0 Å². The summed E-state index contributed by atoms with van der Waals surface area (Å²) in [6.45, 7) is 7.64. The van der Waals surface area contributed by atoms with Crippen molar-refractivity contribution in [2.45, 2.75) is 40.0 Å². The number of hydrogen-bond donors (Lipinski definition) is 0. The Labute approximate surface area is 171 Å². The van der Waals surface area contributed by atoms with Crippen molar-refractivity contribution in [3.05, 3.63) is 64.8 Å². The molecule has 0 spiro atoms. The fourth-order valence-electron chi connectivity index (χ4n) is 4.21. The minimum atomic E-state index is 0.148. The van der Waals surface area contributed by atoms with Crippen molar-refractivity contribution in [2.75, 3.05) is 13.1 Å². The molecule has 1 aliphatic heterocycles. The second-order valence-corrected chi connectivity index (χ2v) is 7.97. The quantitative estimate of drug-likeness (QED) is 0.669. The highest BCUT2D eigenvalue weighted by molar-refractivity contribution is 5.97. The Hall–Kier alpha value is -3.02. The molecule has 29 heavy (non-hydrogen) atoms. The van der Waals surface area contributed by atoms with Crippen LogP contribution in [0.25, 0.3) is 11.4 Å². The summed E-state index contributed by atoms with van der Waals surface area (Å²) < 4.78 is 5.44. The van der Waals surface area contributed by atoms with Gasteiger partial charge >= 0.3 is 0 Å². The number of likely N-dealkylation sites (tertiary alicyclic amines) is 1. The van der Waals surface area contributed by atoms with Gasteiger partial charge in [-0.1, -0.05) is 22.9 Å². The number of benzene rings is 1. The third-order valence-electron chi connectivity index (χ3n) is 5.64. The molecule has 4 rings (SSSR count). The van der Waals surface area contributed by atoms with Crippen LogP contribution < -0.4 is 0 Å². The van der Waals surface area contributed by atoms with E-state index in [4.69, 9.17) is 4.52 Å². The summed E-state index contributed by atoms with van der Waals surface area (Å²) in [7, 11) is 0. The molecule has 0 saturated carbocycles. The van der Waals surface area contributed by atoms with Gasteiger partial charge in [0, 0.05) is 43.0 Å². The van der Waals surface area contributed by atoms with Crippen molar-refractivity contribution in [1.29, 1.82) is 0 Å². The van der Waals surface area contributed by atoms with Gasteiger partial charge in [0.25, 0.3) is 5.91 Å². The molecule has 6 nitrogen and oxygen atoms in total. The average Bonchev–Trinajstić information content (AvgIpc) is 3.17. The Morgan fingerprint density at radius 1 is 1.17 bits per heavy atom. The maximum atomic E-state index is 13.1. The molecule has 0 atom stereocenters. The van der Waals surface area contributed by atoms with Gasteiger partial charge in [0.05, 0.1) is 0 Å². The molecule has 1 fully saturated rings. The van der Waals surface area contributed by atoms with Gasteiger partial charge in [0.2, 0.25) is 11.7 Å². The predicted octanol–water partition coefficient (Wildman–Crippen LogP) is 4.15. The van der Waals surface area contributed by atoms with E-state index in [0.717, 1.165) is 54.6 Å². The first-order valence-corrected chi connectivity index (χ1v) is 10.1. The van der Waals surface area contributed by atoms with Crippen molar-refractivity contribution >= 4 is 5.91 Å². The van der Waals surface area contributed by atoms with Gasteiger partial charge in [0.15, 0.2) is 0 Å². The average molecular weight is 390 g/mol. The number of carbonyl (C=O) groups is 1. The van der Waals surface area contributed by atoms with E-state index in [1.807, 2.05) is 30.9 Å². The van der Waals surface area contributed by atoms with Crippen molar-refractivity contribution in [3.8, 4) is 11.4 Å². The summed E-state index contributed by atoms with van der Waals surface area (Å²) in [5.41, 5.74) is 5.02. The second-order valence-electron chi connectivity index (χ2n) is 7.97. The molecule has 1 aromatic carbocycles. The van der Waals surface area contributed by atoms with Gasteiger partial charge in [-0.2, -0.15) is 4.98 Å². The number of amides is 1. The van der Waals surface area contributed by atoms with Crippen LogP contribution in [0, 0.1) is 26.7 Å². The van der Waals surface area contributed by atoms with Gasteiger partial charge in [-0.3, -0.25) is 9.78 Å². The van der Waals surface area contributed by atoms with Crippen LogP contribution in [0.3, 0.4) is 0 Å². The number of aryl methyl sites for hydroxylation is 3. The van der Waals surface area contributed by atoms with Crippen LogP contribution >= 0.6 is 0 Å². The van der Waals surface area contributed by atoms with Gasteiger partial charge in [-0.25, -0.2) is 0 Å². The summed E-state index contributed by atoms with van der Waals surface area (Å²) in [5, 5.41) is 4.07. The maximum Gasteiger partial charge on any atom is 0.254 e. The van der Waals surface area contributed by atoms with Crippen LogP contribution in [-0.4, -0.2) is 39.0 Å². The third kappa shape index (κ3) is 4.21. The molecule has 1 aliphatic rings. The number of rotatable bonds is 4. The van der Waals surface area contributed by atoms with Gasteiger partial charge in [-0.05, 0) is 62.8 Å². The fourth-order valence-corrected chi connectivity index (χ4v) is 4.21. The number of pyridine rings is 1. The number of piperidine rings is 1. The number of carbonyl (C=O) groups excluding carboxylic acids is 1. The highest BCUT2D eigenvalue weighted by Gasteiger charge is 2.27. The fraction of sp³-hybridized carbons (Fsp3) is 0.391. The van der Waals surface area contributed by atoms with E-state index < -0.39 is 0 Å². The lowest BCUT2D eigenvalue weighted by molar-refractivity contribution is 0.0686. The van der Waals surface area contributed by atoms with E-state index in [1.165, 1.54) is 5.56 Å². The van der Waals surface area contributed by atoms with E-state index in [9.17, 15) is 4.79 Å². The summed E-state index contributed by atoms with van der Waals surface area (Å²) in [4.78, 5) is 23.6. The molecular weight excluding hydrogens is 364 g/mol. The summed E-state index contributed by atoms with van der Waals surface area (Å²) >= 11 is 0. The SMILES string of the molecule is Cc1cc(C)c(C(=O)N2CCC(Cc3nc(-c4cccnc4)no3)CC2)c(C)c1. The van der Waals surface area contributed by atoms with Gasteiger partial charge in [-0.15, -0.1) is 0 Å². The molecule has 2 aromatic heterocycles. The largest absolute Gasteiger partial charge is 0.339 e. The van der Waals surface area contributed by atoms with Crippen molar-refractivity contribution in [1.82, 2.24) is 20.0 Å². The molecular formula is C23H26N4O2. The standard InChI is InChI=1S/C23H26N4O2/c1-15-11-16(2)21(17(3)12-15)23(28)27-9-6-18(7-10-27)13-20-25-22(26-29-20)19-5-4-8-24-14-19/h4-5,8,11-12,14,18H,6-7,9-10,13H2,1-3H3. The molecule has 1 saturated heterocycles. The van der Waals surface area contributed by atoms with Crippen molar-refractivity contribution in [3.63, 3.8) is 0 Å². The zero-order chi connectivity index (χ0) is 20.4. The van der Waals surface area contributed by atoms with Crippen LogP contribution in [0.15, 0.2) is 41.2 Å². The molecule has 0 aliphatic carbocycles. The van der Waals surface area contributed by atoms with Gasteiger partial charge < -0.3 is 9.42 Å². The second kappa shape index (κ2) is 8.15. The Balaban J connectivity index is 1.37. The summed E-state index contributed by atoms with van der Waals surface area (Å²) in [6.07, 6.45) is 6.09. The first kappa shape index (κ1) is 19.3. The smallest absolute Gasteiger partial charge is 0.254 e. The zero-order valence-electron chi connectivity index (χ0n) is 17.2. The van der Waals surface area contributed by atoms with E-state index in [1.54, 1.807) is 12.4 Å². The van der Waals surface area contributed by atoms with Crippen molar-refractivity contribution in [2.24, 2.45) is 5.92 Å². The van der Waals surface area contributed by atoms with Crippen LogP contribution in [0.1, 0.15) is 45.8 Å². The minimum Gasteiger partial charge on any atom is -0.339 e. The molecule has 0 unspecified atom stereocenters. The number of hydrogen-bond acceptors (Lipinski definition) is 5. The topological polar surface area (TPSA) is 72.1 Å². The highest BCUT2D eigenvalue weighted by atomic mass is 16.5. The number of aromatic nitrogens is 3. The normalized spacial score (nSPS) is 14.9. The third-order valence-corrected chi connectivity index (χ3v) is 5.64. The highest BCUT2D eigenvalue weighted by Crippen LogP contribution is 2.25. The molecule has 150 valence electrons. The molecule has 3 aromatic rings. The monoisotopic (exact) mass is 390 g/mol. The molecule has 1 amide bonds. The van der Waals surface area contributed by atoms with Crippen LogP contribution in [0.5, 0.6) is 0 Å². The van der Waals surface area contributed by atoms with Crippen molar-refractivity contribution < 1.29 is 9.32 Å². The Morgan fingerprint density at radius 2 is 1.90 bits per heavy atom. The lowest BCUT2D eigenvalue weighted by Gasteiger charge is -2.32. The first-order valence-electron chi connectivity index (χ1n) is 10.1. The van der Waals surface area contributed by atoms with E-state index in [2.05, 4.69) is 34.2 Å². The number of nitrogens with zero attached hydrogens (tertiary/aromatic N) is 4. The van der Waals surface area contributed by atoms with E-state index in [-0.39, 0.29) is 5.91 Å². The molecule has 0 bridgehead atoms. The Kier molecular flexibility index (Phi) is 5.43. The summed E-state index contributed by atoms with van der Waals surface area (Å²) in [5.74, 6) is 1.82. The Morgan fingerprint density at radius 3 is 2.55 bits per heavy atom. The maximum absolute atomic E-state index is 13.1. The predicted molar refractivity (Wildman–Crippen MR) is 111 cm³/mol. The lowest BCUT2D eigenvalue weighted by Crippen LogP contribution is -2.39. The summed E-state index contributed by atoms with van der Waals surface area (Å²) in [6, 6.07) is 7.95. The first-order chi connectivity index (χ1) is 14.0. The molecule has 0 radical (unpaired) electrons. The van der Waals surface area contributed by atoms with Gasteiger partial charge in [0.1, 0.15) is 0 Å². The lowest BCUT2D eigenvalue weighted by atomic mass is 9.92. The van der Waals surface area contributed by atoms with Crippen LogP contribution in [-0.2, 0) is 6.42 Å². The molecule has 6 heteroatoms. The minimum absolute atomic E-state index is 0.148. The zero-order valence-corrected chi connectivity index (χ0v) is 17.2. The Bertz CT molecular complexity index is 982. The molecule has 0 N–H and O–H groups in total. The van der Waals surface area contributed by atoms with Crippen LogP contribution in [0.4, 0.5) is 0 Å². The van der Waals surface area contributed by atoms with E-state index in [0.29, 0.717) is 17.6 Å².